The maximum absolute atomic E-state index is 6.50. The summed E-state index contributed by atoms with van der Waals surface area (Å²) in [7, 11) is -0.767. The maximum Gasteiger partial charge on any atom is 0.132 e. The third-order valence-corrected chi connectivity index (χ3v) is 7.87. The van der Waals surface area contributed by atoms with Gasteiger partial charge in [-0.1, -0.05) is 121 Å². The lowest BCUT2D eigenvalue weighted by molar-refractivity contribution is 0.467. The summed E-state index contributed by atoms with van der Waals surface area (Å²) in [4.78, 5) is 0. The number of benzene rings is 4. The molecular formula is C26H21OP. The molecule has 2 heteroatoms. The van der Waals surface area contributed by atoms with Crippen molar-refractivity contribution in [2.24, 2.45) is 0 Å². The minimum absolute atomic E-state index is 0.150. The van der Waals surface area contributed by atoms with E-state index in [4.69, 9.17) is 4.52 Å². The van der Waals surface area contributed by atoms with Gasteiger partial charge in [-0.05, 0) is 22.3 Å². The Labute approximate surface area is 167 Å². The van der Waals surface area contributed by atoms with E-state index in [1.807, 2.05) is 0 Å². The summed E-state index contributed by atoms with van der Waals surface area (Å²) in [6.07, 6.45) is 0. The molecule has 2 unspecified atom stereocenters. The van der Waals surface area contributed by atoms with Crippen molar-refractivity contribution < 1.29 is 4.52 Å². The van der Waals surface area contributed by atoms with Gasteiger partial charge >= 0.3 is 0 Å². The van der Waals surface area contributed by atoms with E-state index in [0.717, 1.165) is 0 Å². The van der Waals surface area contributed by atoms with E-state index in [9.17, 15) is 0 Å². The van der Waals surface area contributed by atoms with Crippen LogP contribution in [-0.4, -0.2) is 0 Å². The predicted octanol–water partition coefficient (Wildman–Crippen LogP) is 7.10. The highest BCUT2D eigenvalue weighted by molar-refractivity contribution is 7.60. The molecule has 4 aromatic carbocycles. The molecule has 1 heterocycles. The summed E-state index contributed by atoms with van der Waals surface area (Å²) in [5.41, 5.74) is 5.13. The molecule has 0 aliphatic carbocycles. The minimum atomic E-state index is -0.767. The van der Waals surface area contributed by atoms with Crippen LogP contribution in [0.4, 0.5) is 0 Å². The third kappa shape index (κ3) is 2.88. The first-order valence-electron chi connectivity index (χ1n) is 9.58. The zero-order chi connectivity index (χ0) is 18.8. The standard InChI is InChI=1S/C26H21OP/c1-5-13-21(14-6-1)25-27-28(25)26(22-15-7-2-8-16-22,23-17-9-3-10-18-23)24-19-11-4-12-20-24/h1-20,25H. The van der Waals surface area contributed by atoms with Crippen LogP contribution in [0.5, 0.6) is 0 Å². The zero-order valence-corrected chi connectivity index (χ0v) is 16.4. The molecule has 0 N–H and O–H groups in total. The quantitative estimate of drug-likeness (QED) is 0.204. The van der Waals surface area contributed by atoms with Gasteiger partial charge in [0.15, 0.2) is 0 Å². The average molecular weight is 380 g/mol. The van der Waals surface area contributed by atoms with Crippen LogP contribution in [0, 0.1) is 0 Å². The summed E-state index contributed by atoms with van der Waals surface area (Å²) in [6.45, 7) is 0. The Morgan fingerprint density at radius 3 is 1.25 bits per heavy atom. The molecular weight excluding hydrogens is 359 g/mol. The van der Waals surface area contributed by atoms with Gasteiger partial charge in [0.05, 0.1) is 13.3 Å². The number of hydrogen-bond acceptors (Lipinski definition) is 1. The predicted molar refractivity (Wildman–Crippen MR) is 116 cm³/mol. The SMILES string of the molecule is c1ccc(C2OP2C(c2ccccc2)(c2ccccc2)c2ccccc2)cc1. The van der Waals surface area contributed by atoms with E-state index in [0.29, 0.717) is 0 Å². The van der Waals surface area contributed by atoms with Gasteiger partial charge in [0.2, 0.25) is 0 Å². The van der Waals surface area contributed by atoms with Gasteiger partial charge in [-0.3, -0.25) is 0 Å². The lowest BCUT2D eigenvalue weighted by Gasteiger charge is -2.34. The Hall–Kier alpha value is -2.73. The lowest BCUT2D eigenvalue weighted by atomic mass is 9.84. The first-order valence-corrected chi connectivity index (χ1v) is 10.9. The molecule has 0 aromatic heterocycles. The fourth-order valence-electron chi connectivity index (χ4n) is 4.07. The van der Waals surface area contributed by atoms with Crippen LogP contribution in [0.2, 0.25) is 0 Å². The van der Waals surface area contributed by atoms with Crippen LogP contribution in [0.15, 0.2) is 121 Å². The molecule has 1 aliphatic rings. The highest BCUT2D eigenvalue weighted by Gasteiger charge is 2.58. The Balaban J connectivity index is 1.74. The van der Waals surface area contributed by atoms with Gasteiger partial charge in [-0.2, -0.15) is 0 Å². The monoisotopic (exact) mass is 380 g/mol. The van der Waals surface area contributed by atoms with E-state index in [1.54, 1.807) is 0 Å². The van der Waals surface area contributed by atoms with E-state index in [2.05, 4.69) is 121 Å². The summed E-state index contributed by atoms with van der Waals surface area (Å²) in [5.74, 6) is 0.150. The summed E-state index contributed by atoms with van der Waals surface area (Å²) in [6, 6.07) is 43.1. The van der Waals surface area contributed by atoms with Gasteiger partial charge in [-0.25, -0.2) is 0 Å². The van der Waals surface area contributed by atoms with Crippen LogP contribution in [0.25, 0.3) is 0 Å². The number of rotatable bonds is 5. The maximum atomic E-state index is 6.50. The van der Waals surface area contributed by atoms with Gasteiger partial charge < -0.3 is 4.52 Å². The fraction of sp³-hybridized carbons (Fsp3) is 0.0769. The van der Waals surface area contributed by atoms with Crippen molar-refractivity contribution in [3.63, 3.8) is 0 Å². The van der Waals surface area contributed by atoms with Crippen molar-refractivity contribution in [2.45, 2.75) is 11.0 Å². The second-order valence-electron chi connectivity index (χ2n) is 7.00. The van der Waals surface area contributed by atoms with Crippen molar-refractivity contribution in [3.8, 4) is 0 Å². The van der Waals surface area contributed by atoms with Crippen LogP contribution in [-0.2, 0) is 9.68 Å². The van der Waals surface area contributed by atoms with E-state index in [-0.39, 0.29) is 11.0 Å². The molecule has 28 heavy (non-hydrogen) atoms. The summed E-state index contributed by atoms with van der Waals surface area (Å²) in [5, 5.41) is -0.292. The highest BCUT2D eigenvalue weighted by atomic mass is 31.2. The van der Waals surface area contributed by atoms with Crippen molar-refractivity contribution in [2.75, 3.05) is 0 Å². The lowest BCUT2D eigenvalue weighted by Crippen LogP contribution is -2.24. The molecule has 0 saturated carbocycles. The van der Waals surface area contributed by atoms with Gasteiger partial charge in [0.25, 0.3) is 0 Å². The molecule has 1 aliphatic heterocycles. The van der Waals surface area contributed by atoms with Crippen molar-refractivity contribution >= 4 is 8.15 Å². The average Bonchev–Trinajstić information content (AvgIpc) is 3.58. The molecule has 0 amide bonds. The van der Waals surface area contributed by atoms with Gasteiger partial charge in [-0.15, -0.1) is 0 Å². The zero-order valence-electron chi connectivity index (χ0n) is 15.5. The summed E-state index contributed by atoms with van der Waals surface area (Å²) >= 11 is 0. The van der Waals surface area contributed by atoms with E-state index < -0.39 is 8.15 Å². The van der Waals surface area contributed by atoms with Crippen LogP contribution in [0.3, 0.4) is 0 Å². The van der Waals surface area contributed by atoms with E-state index in [1.165, 1.54) is 22.3 Å². The van der Waals surface area contributed by atoms with E-state index >= 15 is 0 Å². The molecule has 1 saturated heterocycles. The largest absolute Gasteiger partial charge is 0.340 e. The van der Waals surface area contributed by atoms with Crippen molar-refractivity contribution in [1.82, 2.24) is 0 Å². The van der Waals surface area contributed by atoms with Crippen molar-refractivity contribution in [1.29, 1.82) is 0 Å². The Morgan fingerprint density at radius 1 is 0.500 bits per heavy atom. The second kappa shape index (κ2) is 7.36. The molecule has 2 atom stereocenters. The Morgan fingerprint density at radius 2 is 0.857 bits per heavy atom. The molecule has 4 aromatic rings. The van der Waals surface area contributed by atoms with Crippen LogP contribution >= 0.6 is 8.15 Å². The number of hydrogen-bond donors (Lipinski definition) is 0. The molecule has 0 radical (unpaired) electrons. The van der Waals surface area contributed by atoms with Gasteiger partial charge in [0.1, 0.15) is 5.85 Å². The highest BCUT2D eigenvalue weighted by Crippen LogP contribution is 2.83. The Kier molecular flexibility index (Phi) is 4.56. The first-order chi connectivity index (χ1) is 13.9. The van der Waals surface area contributed by atoms with Crippen LogP contribution < -0.4 is 0 Å². The smallest absolute Gasteiger partial charge is 0.132 e. The third-order valence-electron chi connectivity index (χ3n) is 5.37. The Bertz CT molecular complexity index is 936. The molecule has 0 spiro atoms. The topological polar surface area (TPSA) is 12.5 Å². The van der Waals surface area contributed by atoms with Crippen molar-refractivity contribution in [3.05, 3.63) is 144 Å². The molecule has 136 valence electrons. The molecule has 5 rings (SSSR count). The second-order valence-corrected chi connectivity index (χ2v) is 9.00. The molecule has 1 fully saturated rings. The molecule has 1 nitrogen and oxygen atoms in total. The molecule has 0 bridgehead atoms. The normalized spacial score (nSPS) is 18.6. The minimum Gasteiger partial charge on any atom is -0.340 e. The fourth-order valence-corrected chi connectivity index (χ4v) is 6.66. The summed E-state index contributed by atoms with van der Waals surface area (Å²) < 4.78 is 6.50. The van der Waals surface area contributed by atoms with Gasteiger partial charge in [0, 0.05) is 0 Å². The van der Waals surface area contributed by atoms with Crippen LogP contribution in [0.1, 0.15) is 28.1 Å². The first kappa shape index (κ1) is 17.4.